The van der Waals surface area contributed by atoms with E-state index in [4.69, 9.17) is 0 Å². The molecule has 1 heterocycles. The van der Waals surface area contributed by atoms with Gasteiger partial charge < -0.3 is 9.67 Å². The van der Waals surface area contributed by atoms with Crippen LogP contribution in [0.3, 0.4) is 0 Å². The van der Waals surface area contributed by atoms with Crippen LogP contribution in [-0.4, -0.2) is 21.8 Å². The van der Waals surface area contributed by atoms with Gasteiger partial charge in [0.05, 0.1) is 11.8 Å². The van der Waals surface area contributed by atoms with Gasteiger partial charge in [-0.15, -0.1) is 0 Å². The van der Waals surface area contributed by atoms with Gasteiger partial charge in [0.25, 0.3) is 5.91 Å². The molecule has 150 valence electrons. The number of phenols is 1. The second-order valence-electron chi connectivity index (χ2n) is 7.41. The Kier molecular flexibility index (Phi) is 5.11. The van der Waals surface area contributed by atoms with Crippen LogP contribution in [-0.2, 0) is 0 Å². The van der Waals surface area contributed by atoms with Crippen LogP contribution >= 0.6 is 0 Å². The molecular formula is C25H23N3O2. The predicted octanol–water partition coefficient (Wildman–Crippen LogP) is 5.03. The van der Waals surface area contributed by atoms with Crippen molar-refractivity contribution in [1.82, 2.24) is 9.99 Å². The molecule has 4 rings (SSSR count). The largest absolute Gasteiger partial charge is 0.507 e. The van der Waals surface area contributed by atoms with Crippen LogP contribution < -0.4 is 5.43 Å². The molecule has 0 saturated heterocycles. The average Bonchev–Trinajstić information content (AvgIpc) is 3.01. The minimum absolute atomic E-state index is 0.0704. The number of nitrogens with zero attached hydrogens (tertiary/aromatic N) is 2. The molecule has 0 aliphatic rings. The van der Waals surface area contributed by atoms with E-state index in [1.54, 1.807) is 18.3 Å². The third-order valence-corrected chi connectivity index (χ3v) is 5.24. The van der Waals surface area contributed by atoms with Crippen molar-refractivity contribution in [2.24, 2.45) is 5.10 Å². The van der Waals surface area contributed by atoms with Crippen LogP contribution in [0.5, 0.6) is 5.75 Å². The molecule has 1 amide bonds. The number of hydrazone groups is 1. The van der Waals surface area contributed by atoms with E-state index in [0.29, 0.717) is 0 Å². The third-order valence-electron chi connectivity index (χ3n) is 5.24. The minimum atomic E-state index is -0.457. The number of hydrogen-bond donors (Lipinski definition) is 2. The molecule has 4 aromatic rings. The van der Waals surface area contributed by atoms with E-state index >= 15 is 0 Å². The first-order chi connectivity index (χ1) is 14.4. The van der Waals surface area contributed by atoms with Gasteiger partial charge in [0, 0.05) is 22.6 Å². The number of phenolic OH excluding ortho intramolecular Hbond substituents is 1. The van der Waals surface area contributed by atoms with Crippen LogP contribution in [0.1, 0.15) is 32.9 Å². The number of rotatable bonds is 4. The molecule has 0 unspecified atom stereocenters. The zero-order valence-corrected chi connectivity index (χ0v) is 17.2. The maximum absolute atomic E-state index is 12.5. The van der Waals surface area contributed by atoms with Crippen LogP contribution in [0.4, 0.5) is 0 Å². The topological polar surface area (TPSA) is 66.6 Å². The number of aryl methyl sites for hydroxylation is 2. The Bertz CT molecular complexity index is 1270. The van der Waals surface area contributed by atoms with Gasteiger partial charge in [-0.2, -0.15) is 5.10 Å². The molecule has 3 aromatic carbocycles. The van der Waals surface area contributed by atoms with Crippen molar-refractivity contribution in [2.75, 3.05) is 0 Å². The van der Waals surface area contributed by atoms with Crippen LogP contribution in [0.2, 0.25) is 0 Å². The summed E-state index contributed by atoms with van der Waals surface area (Å²) in [5.41, 5.74) is 8.03. The minimum Gasteiger partial charge on any atom is -0.507 e. The number of benzene rings is 3. The summed E-state index contributed by atoms with van der Waals surface area (Å²) in [5, 5.41) is 16.1. The van der Waals surface area contributed by atoms with Gasteiger partial charge in [0.1, 0.15) is 5.75 Å². The molecule has 0 fully saturated rings. The van der Waals surface area contributed by atoms with E-state index in [1.807, 2.05) is 44.2 Å². The van der Waals surface area contributed by atoms with E-state index in [9.17, 15) is 9.90 Å². The lowest BCUT2D eigenvalue weighted by Gasteiger charge is -2.09. The van der Waals surface area contributed by atoms with Crippen molar-refractivity contribution in [3.8, 4) is 11.4 Å². The van der Waals surface area contributed by atoms with Crippen molar-refractivity contribution in [3.63, 3.8) is 0 Å². The van der Waals surface area contributed by atoms with Gasteiger partial charge in [0.15, 0.2) is 0 Å². The maximum Gasteiger partial charge on any atom is 0.275 e. The predicted molar refractivity (Wildman–Crippen MR) is 121 cm³/mol. The Morgan fingerprint density at radius 1 is 0.967 bits per heavy atom. The first kappa shape index (κ1) is 19.5. The lowest BCUT2D eigenvalue weighted by Crippen LogP contribution is -2.17. The normalized spacial score (nSPS) is 11.3. The molecule has 0 radical (unpaired) electrons. The molecule has 1 aromatic heterocycles. The fraction of sp³-hybridized carbons (Fsp3) is 0.120. The summed E-state index contributed by atoms with van der Waals surface area (Å²) < 4.78 is 2.15. The lowest BCUT2D eigenvalue weighted by atomic mass is 10.1. The quantitative estimate of drug-likeness (QED) is 0.375. The summed E-state index contributed by atoms with van der Waals surface area (Å²) in [6, 6.07) is 21.2. The number of fused-ring (bicyclic) bond motifs is 1. The molecule has 30 heavy (non-hydrogen) atoms. The number of carbonyl (C=O) groups is 1. The van der Waals surface area contributed by atoms with Crippen molar-refractivity contribution >= 4 is 22.9 Å². The number of aromatic hydroxyl groups is 1. The number of aromatic nitrogens is 1. The molecule has 5 heteroatoms. The lowest BCUT2D eigenvalue weighted by molar-refractivity contribution is 0.0952. The number of amides is 1. The summed E-state index contributed by atoms with van der Waals surface area (Å²) in [6.07, 6.45) is 1.63. The van der Waals surface area contributed by atoms with Crippen molar-refractivity contribution in [1.29, 1.82) is 0 Å². The summed E-state index contributed by atoms with van der Waals surface area (Å²) in [7, 11) is 0. The summed E-state index contributed by atoms with van der Waals surface area (Å²) in [4.78, 5) is 12.5. The average molecular weight is 397 g/mol. The highest BCUT2D eigenvalue weighted by molar-refractivity contribution is 6.01. The zero-order chi connectivity index (χ0) is 21.3. The maximum atomic E-state index is 12.5. The molecule has 2 N–H and O–H groups in total. The van der Waals surface area contributed by atoms with Crippen molar-refractivity contribution < 1.29 is 9.90 Å². The molecule has 5 nitrogen and oxygen atoms in total. The second kappa shape index (κ2) is 7.87. The molecule has 0 aliphatic carbocycles. The van der Waals surface area contributed by atoms with Crippen molar-refractivity contribution in [2.45, 2.75) is 20.8 Å². The Labute approximate surface area is 175 Å². The highest BCUT2D eigenvalue weighted by Gasteiger charge is 2.13. The highest BCUT2D eigenvalue weighted by Crippen LogP contribution is 2.25. The van der Waals surface area contributed by atoms with Gasteiger partial charge in [-0.3, -0.25) is 4.79 Å². The van der Waals surface area contributed by atoms with E-state index in [2.05, 4.69) is 46.3 Å². The molecule has 0 aliphatic heterocycles. The highest BCUT2D eigenvalue weighted by atomic mass is 16.3. The first-order valence-electron chi connectivity index (χ1n) is 9.75. The fourth-order valence-electron chi connectivity index (χ4n) is 3.64. The van der Waals surface area contributed by atoms with Gasteiger partial charge >= 0.3 is 0 Å². The number of hydrogen-bond acceptors (Lipinski definition) is 3. The Hall–Kier alpha value is -3.86. The zero-order valence-electron chi connectivity index (χ0n) is 17.2. The molecule has 0 atom stereocenters. The third kappa shape index (κ3) is 3.70. The monoisotopic (exact) mass is 397 g/mol. The van der Waals surface area contributed by atoms with Crippen molar-refractivity contribution in [3.05, 3.63) is 94.8 Å². The Morgan fingerprint density at radius 2 is 1.63 bits per heavy atom. The summed E-state index contributed by atoms with van der Waals surface area (Å²) >= 11 is 0. The first-order valence-corrected chi connectivity index (χ1v) is 9.75. The molecule has 0 spiro atoms. The summed E-state index contributed by atoms with van der Waals surface area (Å²) in [6.45, 7) is 6.12. The number of carbonyl (C=O) groups excluding carboxylic acids is 1. The fourth-order valence-corrected chi connectivity index (χ4v) is 3.64. The summed E-state index contributed by atoms with van der Waals surface area (Å²) in [5.74, 6) is -0.527. The van der Waals surface area contributed by atoms with E-state index in [-0.39, 0.29) is 11.3 Å². The second-order valence-corrected chi connectivity index (χ2v) is 7.41. The smallest absolute Gasteiger partial charge is 0.275 e. The Balaban J connectivity index is 1.55. The van der Waals surface area contributed by atoms with Crippen LogP contribution in [0, 0.1) is 20.8 Å². The molecule has 0 saturated carbocycles. The Morgan fingerprint density at radius 3 is 2.33 bits per heavy atom. The van der Waals surface area contributed by atoms with Gasteiger partial charge in [-0.05, 0) is 61.9 Å². The van der Waals surface area contributed by atoms with Crippen LogP contribution in [0.15, 0.2) is 71.8 Å². The number of nitrogens with one attached hydrogen (secondary N) is 1. The van der Waals surface area contributed by atoms with Gasteiger partial charge in [-0.1, -0.05) is 42.0 Å². The van der Waals surface area contributed by atoms with Crippen LogP contribution in [0.25, 0.3) is 16.5 Å². The van der Waals surface area contributed by atoms with E-state index in [1.165, 1.54) is 5.56 Å². The molecular weight excluding hydrogens is 374 g/mol. The van der Waals surface area contributed by atoms with Gasteiger partial charge in [-0.25, -0.2) is 5.43 Å². The molecule has 0 bridgehead atoms. The SMILES string of the molecule is Cc1ccc(-n2c(C)cc(C=NNC(=O)c3cc4ccccc4cc3O)c2C)cc1. The van der Waals surface area contributed by atoms with E-state index < -0.39 is 5.91 Å². The van der Waals surface area contributed by atoms with Gasteiger partial charge in [0.2, 0.25) is 0 Å². The van der Waals surface area contributed by atoms with E-state index in [0.717, 1.165) is 33.4 Å². The standard InChI is InChI=1S/C25H23N3O2/c1-16-8-10-22(11-9-16)28-17(2)12-21(18(28)3)15-26-27-25(30)23-13-19-6-4-5-7-20(19)14-24(23)29/h4-15,29H,1-3H3,(H,27,30).